The van der Waals surface area contributed by atoms with Gasteiger partial charge >= 0.3 is 0 Å². The number of benzene rings is 2. The first-order valence-corrected chi connectivity index (χ1v) is 11.8. The first-order valence-electron chi connectivity index (χ1n) is 11.4. The highest BCUT2D eigenvalue weighted by atomic mass is 35.5. The predicted molar refractivity (Wildman–Crippen MR) is 132 cm³/mol. The number of anilines is 1. The Hall–Kier alpha value is -2.83. The van der Waals surface area contributed by atoms with Crippen molar-refractivity contribution in [2.45, 2.75) is 33.9 Å². The molecule has 2 aromatic carbocycles. The van der Waals surface area contributed by atoms with Crippen LogP contribution < -0.4 is 9.64 Å². The number of hydrogen-bond donors (Lipinski definition) is 0. The van der Waals surface area contributed by atoms with Gasteiger partial charge in [-0.15, -0.1) is 0 Å². The van der Waals surface area contributed by atoms with Gasteiger partial charge in [-0.2, -0.15) is 5.10 Å². The number of hydrogen-bond acceptors (Lipinski definition) is 4. The minimum Gasteiger partial charge on any atom is -0.489 e. The second-order valence-electron chi connectivity index (χ2n) is 9.00. The van der Waals surface area contributed by atoms with E-state index in [1.54, 1.807) is 4.90 Å². The van der Waals surface area contributed by atoms with Crippen molar-refractivity contribution in [3.05, 3.63) is 76.4 Å². The summed E-state index contributed by atoms with van der Waals surface area (Å²) in [6, 6.07) is 17.7. The Kier molecular flexibility index (Phi) is 7.36. The van der Waals surface area contributed by atoms with E-state index in [0.29, 0.717) is 43.0 Å². The van der Waals surface area contributed by atoms with Crippen LogP contribution in [0.15, 0.2) is 54.6 Å². The van der Waals surface area contributed by atoms with Crippen LogP contribution in [0.2, 0.25) is 5.02 Å². The zero-order valence-corrected chi connectivity index (χ0v) is 20.3. The number of aromatic nitrogens is 2. The molecule has 1 saturated heterocycles. The number of carbonyl (C=O) groups excluding carboxylic acids is 1. The lowest BCUT2D eigenvalue weighted by atomic mass is 10.2. The van der Waals surface area contributed by atoms with Crippen LogP contribution in [0.4, 0.5) is 5.82 Å². The van der Waals surface area contributed by atoms with Crippen molar-refractivity contribution in [2.24, 2.45) is 5.92 Å². The highest BCUT2D eigenvalue weighted by Crippen LogP contribution is 2.26. The highest BCUT2D eigenvalue weighted by Gasteiger charge is 2.27. The molecule has 0 unspecified atom stereocenters. The standard InChI is InChI=1S/C26H31ClN4O2/c1-19(2)15-29-11-12-30(26(32)17-29)25-13-20(3)31(28-25)16-22-14-23(27)9-10-24(22)33-18-21-7-5-4-6-8-21/h4-10,13-14,19H,11-12,15-18H2,1-3H3. The molecule has 4 rings (SSSR count). The number of carbonyl (C=O) groups is 1. The average Bonchev–Trinajstić information content (AvgIpc) is 3.13. The molecule has 3 aromatic rings. The largest absolute Gasteiger partial charge is 0.489 e. The van der Waals surface area contributed by atoms with Gasteiger partial charge in [0, 0.05) is 42.0 Å². The molecule has 1 fully saturated rings. The summed E-state index contributed by atoms with van der Waals surface area (Å²) in [5, 5.41) is 5.41. The van der Waals surface area contributed by atoms with E-state index >= 15 is 0 Å². The SMILES string of the molecule is Cc1cc(N2CCN(CC(C)C)CC2=O)nn1Cc1cc(Cl)ccc1OCc1ccccc1. The van der Waals surface area contributed by atoms with E-state index < -0.39 is 0 Å². The minimum atomic E-state index is 0.0983. The molecule has 1 aromatic heterocycles. The zero-order chi connectivity index (χ0) is 23.4. The number of aryl methyl sites for hydroxylation is 1. The minimum absolute atomic E-state index is 0.0983. The summed E-state index contributed by atoms with van der Waals surface area (Å²) in [6.07, 6.45) is 0. The lowest BCUT2D eigenvalue weighted by Crippen LogP contribution is -2.51. The van der Waals surface area contributed by atoms with Gasteiger partial charge in [-0.3, -0.25) is 19.3 Å². The van der Waals surface area contributed by atoms with Gasteiger partial charge in [0.1, 0.15) is 12.4 Å². The van der Waals surface area contributed by atoms with Crippen molar-refractivity contribution in [1.29, 1.82) is 0 Å². The van der Waals surface area contributed by atoms with Crippen molar-refractivity contribution in [3.63, 3.8) is 0 Å². The second-order valence-corrected chi connectivity index (χ2v) is 9.44. The van der Waals surface area contributed by atoms with Crippen molar-refractivity contribution >= 4 is 23.3 Å². The number of rotatable bonds is 8. The van der Waals surface area contributed by atoms with E-state index in [1.165, 1.54) is 0 Å². The van der Waals surface area contributed by atoms with Crippen LogP contribution in [0.1, 0.15) is 30.7 Å². The van der Waals surface area contributed by atoms with E-state index in [1.807, 2.05) is 66.2 Å². The second kappa shape index (κ2) is 10.4. The maximum atomic E-state index is 12.8. The topological polar surface area (TPSA) is 50.6 Å². The van der Waals surface area contributed by atoms with Gasteiger partial charge in [0.05, 0.1) is 13.1 Å². The van der Waals surface area contributed by atoms with Gasteiger partial charge < -0.3 is 4.74 Å². The van der Waals surface area contributed by atoms with Crippen molar-refractivity contribution in [1.82, 2.24) is 14.7 Å². The molecule has 0 bridgehead atoms. The Balaban J connectivity index is 1.48. The third-order valence-electron chi connectivity index (χ3n) is 5.75. The van der Waals surface area contributed by atoms with Crippen LogP contribution in [0.3, 0.4) is 0 Å². The number of halogens is 1. The van der Waals surface area contributed by atoms with E-state index in [0.717, 1.165) is 35.7 Å². The van der Waals surface area contributed by atoms with Gasteiger partial charge in [0.15, 0.2) is 5.82 Å². The van der Waals surface area contributed by atoms with E-state index in [2.05, 4.69) is 18.7 Å². The van der Waals surface area contributed by atoms with Crippen molar-refractivity contribution in [2.75, 3.05) is 31.1 Å². The van der Waals surface area contributed by atoms with Gasteiger partial charge in [-0.25, -0.2) is 0 Å². The average molecular weight is 467 g/mol. The lowest BCUT2D eigenvalue weighted by Gasteiger charge is -2.33. The van der Waals surface area contributed by atoms with Gasteiger partial charge in [0.25, 0.3) is 0 Å². The van der Waals surface area contributed by atoms with E-state index in [9.17, 15) is 4.79 Å². The van der Waals surface area contributed by atoms with Crippen LogP contribution in [-0.4, -0.2) is 46.8 Å². The summed E-state index contributed by atoms with van der Waals surface area (Å²) in [5.41, 5.74) is 3.03. The molecule has 0 N–H and O–H groups in total. The Morgan fingerprint density at radius 2 is 1.88 bits per heavy atom. The van der Waals surface area contributed by atoms with Crippen LogP contribution in [0.25, 0.3) is 0 Å². The Morgan fingerprint density at radius 3 is 2.61 bits per heavy atom. The lowest BCUT2D eigenvalue weighted by molar-refractivity contribution is -0.121. The Morgan fingerprint density at radius 1 is 1.09 bits per heavy atom. The number of piperazine rings is 1. The molecule has 0 spiro atoms. The summed E-state index contributed by atoms with van der Waals surface area (Å²) in [6.45, 7) is 10.2. The monoisotopic (exact) mass is 466 g/mol. The predicted octanol–water partition coefficient (Wildman–Crippen LogP) is 4.78. The first kappa shape index (κ1) is 23.3. The maximum absolute atomic E-state index is 12.8. The third kappa shape index (κ3) is 5.95. The molecule has 1 aliphatic rings. The highest BCUT2D eigenvalue weighted by molar-refractivity contribution is 6.30. The normalized spacial score (nSPS) is 14.8. The number of ether oxygens (including phenoxy) is 1. The van der Waals surface area contributed by atoms with Crippen molar-refractivity contribution < 1.29 is 9.53 Å². The fourth-order valence-corrected chi connectivity index (χ4v) is 4.32. The molecule has 2 heterocycles. The van der Waals surface area contributed by atoms with E-state index in [4.69, 9.17) is 21.4 Å². The molecule has 0 aliphatic carbocycles. The fourth-order valence-electron chi connectivity index (χ4n) is 4.13. The summed E-state index contributed by atoms with van der Waals surface area (Å²) >= 11 is 6.29. The molecule has 33 heavy (non-hydrogen) atoms. The first-order chi connectivity index (χ1) is 15.9. The molecular formula is C26H31ClN4O2. The third-order valence-corrected chi connectivity index (χ3v) is 5.98. The summed E-state index contributed by atoms with van der Waals surface area (Å²) in [7, 11) is 0. The Bertz CT molecular complexity index is 1100. The summed E-state index contributed by atoms with van der Waals surface area (Å²) < 4.78 is 8.01. The van der Waals surface area contributed by atoms with Crippen LogP contribution in [-0.2, 0) is 17.9 Å². The molecule has 6 nitrogen and oxygen atoms in total. The van der Waals surface area contributed by atoms with Gasteiger partial charge in [0.2, 0.25) is 5.91 Å². The van der Waals surface area contributed by atoms with Crippen molar-refractivity contribution in [3.8, 4) is 5.75 Å². The summed E-state index contributed by atoms with van der Waals surface area (Å²) in [5.74, 6) is 2.12. The van der Waals surface area contributed by atoms with E-state index in [-0.39, 0.29) is 5.91 Å². The molecular weight excluding hydrogens is 436 g/mol. The Labute approximate surface area is 200 Å². The molecule has 1 amide bonds. The molecule has 0 radical (unpaired) electrons. The fraction of sp³-hybridized carbons (Fsp3) is 0.385. The summed E-state index contributed by atoms with van der Waals surface area (Å²) in [4.78, 5) is 16.8. The maximum Gasteiger partial charge on any atom is 0.242 e. The van der Waals surface area contributed by atoms with Crippen LogP contribution in [0.5, 0.6) is 5.75 Å². The molecule has 0 atom stereocenters. The van der Waals surface area contributed by atoms with Crippen LogP contribution >= 0.6 is 11.6 Å². The zero-order valence-electron chi connectivity index (χ0n) is 19.5. The molecule has 1 aliphatic heterocycles. The van der Waals surface area contributed by atoms with Gasteiger partial charge in [-0.1, -0.05) is 55.8 Å². The number of nitrogens with zero attached hydrogens (tertiary/aromatic N) is 4. The number of amides is 1. The quantitative estimate of drug-likeness (QED) is 0.479. The van der Waals surface area contributed by atoms with Gasteiger partial charge in [-0.05, 0) is 36.6 Å². The smallest absolute Gasteiger partial charge is 0.242 e. The molecule has 0 saturated carbocycles. The molecule has 174 valence electrons. The van der Waals surface area contributed by atoms with Crippen LogP contribution in [0, 0.1) is 12.8 Å². The molecule has 7 heteroatoms.